The molecule has 1 saturated heterocycles. The lowest BCUT2D eigenvalue weighted by molar-refractivity contribution is 0.127. The van der Waals surface area contributed by atoms with Crippen LogP contribution < -0.4 is 4.90 Å². The first-order valence-corrected chi connectivity index (χ1v) is 7.52. The second-order valence-corrected chi connectivity index (χ2v) is 5.62. The maximum absolute atomic E-state index is 10.3. The van der Waals surface area contributed by atoms with Gasteiger partial charge in [-0.25, -0.2) is 4.98 Å². The van der Waals surface area contributed by atoms with Crippen molar-refractivity contribution in [2.24, 2.45) is 0 Å². The van der Waals surface area contributed by atoms with Gasteiger partial charge in [0.05, 0.1) is 11.8 Å². The number of aliphatic hydroxyl groups is 2. The summed E-state index contributed by atoms with van der Waals surface area (Å²) in [5, 5.41) is 24.0. The Bertz CT molecular complexity index is 632. The van der Waals surface area contributed by atoms with Crippen molar-refractivity contribution in [2.45, 2.75) is 19.4 Å². The van der Waals surface area contributed by atoms with Crippen LogP contribution in [0.5, 0.6) is 0 Å². The number of rotatable bonds is 4. The van der Waals surface area contributed by atoms with Crippen molar-refractivity contribution < 1.29 is 14.7 Å². The van der Waals surface area contributed by atoms with Crippen LogP contribution in [0.15, 0.2) is 10.9 Å². The average Bonchev–Trinajstić information content (AvgIpc) is 2.79. The van der Waals surface area contributed by atoms with E-state index in [1.54, 1.807) is 0 Å². The summed E-state index contributed by atoms with van der Waals surface area (Å²) in [6.45, 7) is 5.49. The van der Waals surface area contributed by atoms with E-state index in [0.29, 0.717) is 18.8 Å². The molecule has 1 aliphatic rings. The van der Waals surface area contributed by atoms with Crippen molar-refractivity contribution in [3.63, 3.8) is 0 Å². The predicted molar refractivity (Wildman–Crippen MR) is 80.7 cm³/mol. The van der Waals surface area contributed by atoms with Gasteiger partial charge in [-0.1, -0.05) is 5.16 Å². The minimum absolute atomic E-state index is 0.169. The molecule has 2 N–H and O–H groups in total. The van der Waals surface area contributed by atoms with Gasteiger partial charge in [-0.15, -0.1) is 0 Å². The van der Waals surface area contributed by atoms with E-state index in [2.05, 4.69) is 24.9 Å². The first kappa shape index (κ1) is 15.1. The maximum Gasteiger partial charge on any atom is 0.263 e. The van der Waals surface area contributed by atoms with Crippen LogP contribution in [-0.4, -0.2) is 75.7 Å². The van der Waals surface area contributed by atoms with Crippen molar-refractivity contribution in [3.8, 4) is 0 Å². The molecule has 8 nitrogen and oxygen atoms in total. The molecule has 1 fully saturated rings. The lowest BCUT2D eigenvalue weighted by atomic mass is 10.2. The average molecular weight is 307 g/mol. The van der Waals surface area contributed by atoms with Gasteiger partial charge in [0.1, 0.15) is 17.5 Å². The monoisotopic (exact) mass is 307 g/mol. The van der Waals surface area contributed by atoms with Crippen molar-refractivity contribution in [2.75, 3.05) is 44.2 Å². The SMILES string of the molecule is Cc1noc2ncnc(N3CCN(CCCO)CC(O)C3)c12. The number of fused-ring (bicyclic) bond motifs is 1. The van der Waals surface area contributed by atoms with Gasteiger partial charge in [-0.2, -0.15) is 4.98 Å². The summed E-state index contributed by atoms with van der Waals surface area (Å²) in [6, 6.07) is 0. The quantitative estimate of drug-likeness (QED) is 0.801. The molecule has 0 amide bonds. The fourth-order valence-corrected chi connectivity index (χ4v) is 2.89. The number of hydrogen-bond acceptors (Lipinski definition) is 8. The van der Waals surface area contributed by atoms with Gasteiger partial charge in [-0.05, 0) is 13.3 Å². The van der Waals surface area contributed by atoms with Gasteiger partial charge in [0.15, 0.2) is 0 Å². The molecule has 1 aliphatic heterocycles. The van der Waals surface area contributed by atoms with E-state index < -0.39 is 6.10 Å². The Kier molecular flexibility index (Phi) is 4.51. The molecule has 8 heteroatoms. The second kappa shape index (κ2) is 6.55. The van der Waals surface area contributed by atoms with Crippen molar-refractivity contribution >= 4 is 16.9 Å². The van der Waals surface area contributed by atoms with E-state index in [-0.39, 0.29) is 6.61 Å². The molecule has 1 atom stereocenters. The van der Waals surface area contributed by atoms with Gasteiger partial charge < -0.3 is 19.6 Å². The molecular weight excluding hydrogens is 286 g/mol. The third-order valence-electron chi connectivity index (χ3n) is 3.94. The number of aryl methyl sites for hydroxylation is 1. The van der Waals surface area contributed by atoms with Crippen LogP contribution in [-0.2, 0) is 0 Å². The second-order valence-electron chi connectivity index (χ2n) is 5.62. The number of aromatic nitrogens is 3. The van der Waals surface area contributed by atoms with Crippen LogP contribution in [0.2, 0.25) is 0 Å². The van der Waals surface area contributed by atoms with Crippen LogP contribution in [0, 0.1) is 6.92 Å². The topological polar surface area (TPSA) is 98.8 Å². The molecule has 3 rings (SSSR count). The predicted octanol–water partition coefficient (Wildman–Crippen LogP) is -0.208. The van der Waals surface area contributed by atoms with Crippen molar-refractivity contribution in [3.05, 3.63) is 12.0 Å². The van der Waals surface area contributed by atoms with Crippen molar-refractivity contribution in [1.29, 1.82) is 0 Å². The largest absolute Gasteiger partial charge is 0.396 e. The summed E-state index contributed by atoms with van der Waals surface area (Å²) in [7, 11) is 0. The zero-order chi connectivity index (χ0) is 15.5. The molecule has 0 bridgehead atoms. The van der Waals surface area contributed by atoms with Crippen LogP contribution in [0.3, 0.4) is 0 Å². The minimum atomic E-state index is -0.466. The molecule has 3 heterocycles. The van der Waals surface area contributed by atoms with E-state index in [4.69, 9.17) is 9.63 Å². The normalized spacial score (nSPS) is 20.5. The molecule has 1 unspecified atom stereocenters. The van der Waals surface area contributed by atoms with Crippen LogP contribution in [0.4, 0.5) is 5.82 Å². The molecule has 0 aromatic carbocycles. The zero-order valence-electron chi connectivity index (χ0n) is 12.6. The Labute approximate surface area is 128 Å². The maximum atomic E-state index is 10.3. The van der Waals surface area contributed by atoms with Crippen LogP contribution in [0.25, 0.3) is 11.1 Å². The Morgan fingerprint density at radius 1 is 1.32 bits per heavy atom. The number of hydrogen-bond donors (Lipinski definition) is 2. The highest BCUT2D eigenvalue weighted by Crippen LogP contribution is 2.26. The van der Waals surface area contributed by atoms with Gasteiger partial charge in [-0.3, -0.25) is 4.90 Å². The van der Waals surface area contributed by atoms with Crippen molar-refractivity contribution in [1.82, 2.24) is 20.0 Å². The molecule has 2 aromatic rings. The summed E-state index contributed by atoms with van der Waals surface area (Å²) >= 11 is 0. The molecule has 0 saturated carbocycles. The lowest BCUT2D eigenvalue weighted by Gasteiger charge is -2.23. The van der Waals surface area contributed by atoms with Gasteiger partial charge in [0, 0.05) is 39.3 Å². The third kappa shape index (κ3) is 3.03. The first-order chi connectivity index (χ1) is 10.7. The highest BCUT2D eigenvalue weighted by atomic mass is 16.5. The molecule has 2 aromatic heterocycles. The number of nitrogens with zero attached hydrogens (tertiary/aromatic N) is 5. The van der Waals surface area contributed by atoms with E-state index in [0.717, 1.165) is 43.0 Å². The number of β-amino-alcohol motifs (C(OH)–C–C–N with tert-alkyl or cyclic N) is 1. The van der Waals surface area contributed by atoms with Gasteiger partial charge in [0.25, 0.3) is 5.71 Å². The fourth-order valence-electron chi connectivity index (χ4n) is 2.89. The molecule has 0 spiro atoms. The Hall–Kier alpha value is -1.77. The summed E-state index contributed by atoms with van der Waals surface area (Å²) in [5.74, 6) is 0.756. The highest BCUT2D eigenvalue weighted by molar-refractivity contribution is 5.87. The summed E-state index contributed by atoms with van der Waals surface area (Å²) in [5.41, 5.74) is 1.22. The Balaban J connectivity index is 1.83. The summed E-state index contributed by atoms with van der Waals surface area (Å²) in [6.07, 6.45) is 1.71. The molecule has 0 aliphatic carbocycles. The third-order valence-corrected chi connectivity index (χ3v) is 3.94. The Morgan fingerprint density at radius 3 is 3.00 bits per heavy atom. The highest BCUT2D eigenvalue weighted by Gasteiger charge is 2.24. The zero-order valence-corrected chi connectivity index (χ0v) is 12.6. The smallest absolute Gasteiger partial charge is 0.263 e. The first-order valence-electron chi connectivity index (χ1n) is 7.52. The van der Waals surface area contributed by atoms with Gasteiger partial charge in [0.2, 0.25) is 0 Å². The Morgan fingerprint density at radius 2 is 2.18 bits per heavy atom. The molecule has 120 valence electrons. The molecule has 22 heavy (non-hydrogen) atoms. The van der Waals surface area contributed by atoms with Crippen LogP contribution in [0.1, 0.15) is 12.1 Å². The van der Waals surface area contributed by atoms with E-state index >= 15 is 0 Å². The fraction of sp³-hybridized carbons (Fsp3) is 0.643. The standard InChI is InChI=1S/C14H21N5O3/c1-10-12-13(15-9-16-14(12)22-17-10)19-5-4-18(3-2-6-20)7-11(21)8-19/h9,11,20-21H,2-8H2,1H3. The van der Waals surface area contributed by atoms with E-state index in [1.165, 1.54) is 6.33 Å². The summed E-state index contributed by atoms with van der Waals surface area (Å²) in [4.78, 5) is 12.7. The number of aliphatic hydroxyl groups excluding tert-OH is 2. The lowest BCUT2D eigenvalue weighted by Crippen LogP contribution is -2.34. The van der Waals surface area contributed by atoms with E-state index in [9.17, 15) is 5.11 Å². The van der Waals surface area contributed by atoms with Crippen LogP contribution >= 0.6 is 0 Å². The minimum Gasteiger partial charge on any atom is -0.396 e. The number of anilines is 1. The van der Waals surface area contributed by atoms with E-state index in [1.807, 2.05) is 6.92 Å². The van der Waals surface area contributed by atoms with Gasteiger partial charge >= 0.3 is 0 Å². The molecule has 0 radical (unpaired) electrons. The molecular formula is C14H21N5O3. The summed E-state index contributed by atoms with van der Waals surface area (Å²) < 4.78 is 5.18.